The largest absolute Gasteiger partial charge is 0.357 e. The topological polar surface area (TPSA) is 96.6 Å². The van der Waals surface area contributed by atoms with E-state index in [1.807, 2.05) is 6.92 Å². The number of nitrogens with one attached hydrogen (secondary N) is 2. The number of nitrogens with zero attached hydrogens (tertiary/aromatic N) is 1. The molecule has 2 rings (SSSR count). The van der Waals surface area contributed by atoms with Crippen molar-refractivity contribution in [2.45, 2.75) is 31.7 Å². The third-order valence-electron chi connectivity index (χ3n) is 3.84. The number of aliphatic imine (C=N–C) groups is 1. The Kier molecular flexibility index (Phi) is 9.75. The van der Waals surface area contributed by atoms with Crippen molar-refractivity contribution < 1.29 is 8.42 Å². The Labute approximate surface area is 178 Å². The van der Waals surface area contributed by atoms with E-state index in [1.165, 1.54) is 17.7 Å². The molecular weight excluding hydrogens is 475 g/mol. The molecule has 0 radical (unpaired) electrons. The Balaban J connectivity index is 0.00000364. The Morgan fingerprint density at radius 2 is 1.59 bits per heavy atom. The second-order valence-electron chi connectivity index (χ2n) is 6.05. The smallest absolute Gasteiger partial charge is 0.238 e. The fraction of sp³-hybridized carbons (Fsp3) is 0.316. The number of aryl methyl sites for hydroxylation is 1. The van der Waals surface area contributed by atoms with Crippen LogP contribution in [0.25, 0.3) is 0 Å². The summed E-state index contributed by atoms with van der Waals surface area (Å²) >= 11 is 0. The highest BCUT2D eigenvalue weighted by atomic mass is 127. The molecule has 0 aromatic heterocycles. The molecule has 2 aromatic rings. The van der Waals surface area contributed by atoms with Crippen molar-refractivity contribution in [3.05, 3.63) is 65.2 Å². The van der Waals surface area contributed by atoms with Gasteiger partial charge >= 0.3 is 0 Å². The van der Waals surface area contributed by atoms with Gasteiger partial charge in [-0.15, -0.1) is 24.0 Å². The van der Waals surface area contributed by atoms with Gasteiger partial charge in [-0.1, -0.05) is 42.0 Å². The van der Waals surface area contributed by atoms with Gasteiger partial charge in [0.2, 0.25) is 10.0 Å². The molecule has 0 heterocycles. The molecule has 0 fully saturated rings. The highest BCUT2D eigenvalue weighted by Crippen LogP contribution is 2.09. The second-order valence-corrected chi connectivity index (χ2v) is 7.61. The van der Waals surface area contributed by atoms with Crippen molar-refractivity contribution in [2.75, 3.05) is 13.1 Å². The van der Waals surface area contributed by atoms with Gasteiger partial charge in [0, 0.05) is 13.1 Å². The van der Waals surface area contributed by atoms with Crippen molar-refractivity contribution >= 4 is 40.0 Å². The lowest BCUT2D eigenvalue weighted by Gasteiger charge is -2.11. The van der Waals surface area contributed by atoms with Gasteiger partial charge in [0.25, 0.3) is 0 Å². The molecule has 8 heteroatoms. The lowest BCUT2D eigenvalue weighted by Crippen LogP contribution is -2.38. The van der Waals surface area contributed by atoms with E-state index >= 15 is 0 Å². The Bertz CT molecular complexity index is 835. The number of hydrogen-bond acceptors (Lipinski definition) is 3. The zero-order valence-corrected chi connectivity index (χ0v) is 18.8. The minimum atomic E-state index is -3.64. The van der Waals surface area contributed by atoms with Crippen LogP contribution in [0.3, 0.4) is 0 Å². The number of nitrogens with two attached hydrogens (primary N) is 1. The molecule has 4 N–H and O–H groups in total. The number of primary sulfonamides is 1. The lowest BCUT2D eigenvalue weighted by atomic mass is 10.1. The van der Waals surface area contributed by atoms with Crippen molar-refractivity contribution in [1.29, 1.82) is 0 Å². The SMILES string of the molecule is CCNC(=NCc1ccc(C)cc1)NCCc1ccc(S(N)(=O)=O)cc1.I. The van der Waals surface area contributed by atoms with Gasteiger partial charge in [0.05, 0.1) is 11.4 Å². The van der Waals surface area contributed by atoms with Gasteiger partial charge in [-0.05, 0) is 43.5 Å². The summed E-state index contributed by atoms with van der Waals surface area (Å²) in [5, 5.41) is 11.6. The van der Waals surface area contributed by atoms with E-state index in [1.54, 1.807) is 12.1 Å². The molecule has 148 valence electrons. The van der Waals surface area contributed by atoms with Crippen LogP contribution in [-0.2, 0) is 23.0 Å². The van der Waals surface area contributed by atoms with Crippen molar-refractivity contribution in [3.8, 4) is 0 Å². The van der Waals surface area contributed by atoms with Crippen LogP contribution in [0.5, 0.6) is 0 Å². The summed E-state index contributed by atoms with van der Waals surface area (Å²) in [7, 11) is -3.64. The fourth-order valence-corrected chi connectivity index (χ4v) is 2.89. The maximum absolute atomic E-state index is 11.3. The summed E-state index contributed by atoms with van der Waals surface area (Å²) in [5.74, 6) is 0.759. The summed E-state index contributed by atoms with van der Waals surface area (Å²) in [6.45, 7) is 6.17. The zero-order valence-electron chi connectivity index (χ0n) is 15.6. The average Bonchev–Trinajstić information content (AvgIpc) is 2.61. The third-order valence-corrected chi connectivity index (χ3v) is 4.77. The van der Waals surface area contributed by atoms with E-state index in [-0.39, 0.29) is 28.9 Å². The van der Waals surface area contributed by atoms with Crippen LogP contribution >= 0.6 is 24.0 Å². The van der Waals surface area contributed by atoms with Crippen LogP contribution in [0, 0.1) is 6.92 Å². The van der Waals surface area contributed by atoms with Gasteiger partial charge in [0.15, 0.2) is 5.96 Å². The zero-order chi connectivity index (χ0) is 19.0. The predicted molar refractivity (Wildman–Crippen MR) is 121 cm³/mol. The van der Waals surface area contributed by atoms with E-state index in [0.717, 1.165) is 30.1 Å². The van der Waals surface area contributed by atoms with Crippen molar-refractivity contribution in [1.82, 2.24) is 10.6 Å². The quantitative estimate of drug-likeness (QED) is 0.308. The first-order valence-electron chi connectivity index (χ1n) is 8.58. The van der Waals surface area contributed by atoms with Gasteiger partial charge in [0.1, 0.15) is 0 Å². The minimum Gasteiger partial charge on any atom is -0.357 e. The normalized spacial score (nSPS) is 11.6. The molecule has 0 spiro atoms. The predicted octanol–water partition coefficient (Wildman–Crippen LogP) is 2.56. The summed E-state index contributed by atoms with van der Waals surface area (Å²) in [6.07, 6.45) is 0.750. The molecule has 2 aromatic carbocycles. The molecule has 0 amide bonds. The van der Waals surface area contributed by atoms with Gasteiger partial charge in [-0.25, -0.2) is 18.5 Å². The number of guanidine groups is 1. The number of rotatable bonds is 7. The highest BCUT2D eigenvalue weighted by molar-refractivity contribution is 14.0. The van der Waals surface area contributed by atoms with Gasteiger partial charge < -0.3 is 10.6 Å². The number of halogens is 1. The van der Waals surface area contributed by atoms with Crippen LogP contribution in [0.4, 0.5) is 0 Å². The van der Waals surface area contributed by atoms with E-state index in [9.17, 15) is 8.42 Å². The van der Waals surface area contributed by atoms with Gasteiger partial charge in [-0.2, -0.15) is 0 Å². The molecule has 0 saturated carbocycles. The van der Waals surface area contributed by atoms with Crippen LogP contribution in [0.15, 0.2) is 58.4 Å². The summed E-state index contributed by atoms with van der Waals surface area (Å²) in [6, 6.07) is 14.9. The van der Waals surface area contributed by atoms with Gasteiger partial charge in [-0.3, -0.25) is 0 Å². The molecule has 0 aliphatic heterocycles. The maximum atomic E-state index is 11.3. The fourth-order valence-electron chi connectivity index (χ4n) is 2.38. The first-order valence-corrected chi connectivity index (χ1v) is 10.1. The molecular formula is C19H27IN4O2S. The van der Waals surface area contributed by atoms with E-state index in [4.69, 9.17) is 5.14 Å². The standard InChI is InChI=1S/C19H26N4O2S.HI/c1-3-21-19(23-14-17-6-4-15(2)5-7-17)22-13-12-16-8-10-18(11-9-16)26(20,24)25;/h4-11H,3,12-14H2,1-2H3,(H2,20,24,25)(H2,21,22,23);1H. The summed E-state index contributed by atoms with van der Waals surface area (Å²) in [5.41, 5.74) is 3.42. The molecule has 0 bridgehead atoms. The molecule has 27 heavy (non-hydrogen) atoms. The van der Waals surface area contributed by atoms with E-state index in [0.29, 0.717) is 13.1 Å². The summed E-state index contributed by atoms with van der Waals surface area (Å²) in [4.78, 5) is 4.72. The Morgan fingerprint density at radius 3 is 2.15 bits per heavy atom. The lowest BCUT2D eigenvalue weighted by molar-refractivity contribution is 0.598. The van der Waals surface area contributed by atoms with E-state index in [2.05, 4.69) is 46.8 Å². The van der Waals surface area contributed by atoms with Crippen molar-refractivity contribution in [3.63, 3.8) is 0 Å². The molecule has 0 unspecified atom stereocenters. The minimum absolute atomic E-state index is 0. The number of hydrogen-bond donors (Lipinski definition) is 3. The first kappa shape index (κ1) is 23.4. The van der Waals surface area contributed by atoms with Crippen molar-refractivity contribution in [2.24, 2.45) is 10.1 Å². The summed E-state index contributed by atoms with van der Waals surface area (Å²) < 4.78 is 22.5. The van der Waals surface area contributed by atoms with Crippen LogP contribution < -0.4 is 15.8 Å². The third kappa shape index (κ3) is 8.27. The molecule has 0 saturated heterocycles. The Morgan fingerprint density at radius 1 is 1.00 bits per heavy atom. The number of benzene rings is 2. The number of sulfonamides is 1. The molecule has 0 atom stereocenters. The monoisotopic (exact) mass is 502 g/mol. The van der Waals surface area contributed by atoms with Crippen LogP contribution in [-0.4, -0.2) is 27.5 Å². The molecule has 0 aliphatic rings. The maximum Gasteiger partial charge on any atom is 0.238 e. The first-order chi connectivity index (χ1) is 12.4. The van der Waals surface area contributed by atoms with Crippen LogP contribution in [0.2, 0.25) is 0 Å². The van der Waals surface area contributed by atoms with E-state index < -0.39 is 10.0 Å². The highest BCUT2D eigenvalue weighted by Gasteiger charge is 2.06. The second kappa shape index (κ2) is 11.3. The molecule has 0 aliphatic carbocycles. The Hall–Kier alpha value is -1.65. The van der Waals surface area contributed by atoms with Crippen LogP contribution in [0.1, 0.15) is 23.6 Å². The average molecular weight is 502 g/mol. The molecule has 6 nitrogen and oxygen atoms in total.